The van der Waals surface area contributed by atoms with E-state index >= 15 is 0 Å². The molecule has 140 valence electrons. The lowest BCUT2D eigenvalue weighted by atomic mass is 9.92. The van der Waals surface area contributed by atoms with Crippen LogP contribution in [0.1, 0.15) is 71.1 Å². The van der Waals surface area contributed by atoms with E-state index in [-0.39, 0.29) is 5.92 Å². The lowest BCUT2D eigenvalue weighted by Gasteiger charge is -2.27. The maximum atomic E-state index is 11.8. The van der Waals surface area contributed by atoms with E-state index < -0.39 is 18.1 Å². The van der Waals surface area contributed by atoms with Crippen LogP contribution >= 0.6 is 0 Å². The van der Waals surface area contributed by atoms with Crippen molar-refractivity contribution in [3.05, 3.63) is 0 Å². The van der Waals surface area contributed by atoms with Gasteiger partial charge in [0.25, 0.3) is 0 Å². The molecule has 1 atom stereocenters. The number of amides is 1. The molecule has 0 spiro atoms. The Morgan fingerprint density at radius 2 is 1.67 bits per heavy atom. The summed E-state index contributed by atoms with van der Waals surface area (Å²) in [5.74, 6) is -1.10. The second-order valence-electron chi connectivity index (χ2n) is 6.52. The molecule has 0 radical (unpaired) electrons. The average Bonchev–Trinajstić information content (AvgIpc) is 2.58. The van der Waals surface area contributed by atoms with E-state index in [1.807, 2.05) is 0 Å². The van der Waals surface area contributed by atoms with Crippen LogP contribution in [0.15, 0.2) is 0 Å². The zero-order chi connectivity index (χ0) is 17.6. The van der Waals surface area contributed by atoms with Gasteiger partial charge in [0.05, 0.1) is 6.61 Å². The third-order valence-corrected chi connectivity index (χ3v) is 4.51. The van der Waals surface area contributed by atoms with E-state index in [9.17, 15) is 14.7 Å². The maximum absolute atomic E-state index is 11.8. The van der Waals surface area contributed by atoms with E-state index in [2.05, 4.69) is 12.2 Å². The summed E-state index contributed by atoms with van der Waals surface area (Å²) in [5.41, 5.74) is 0. The van der Waals surface area contributed by atoms with Crippen LogP contribution in [0.4, 0.5) is 4.79 Å². The molecule has 6 heteroatoms. The minimum absolute atomic E-state index is 0.0908. The number of hydrogen-bond donors (Lipinski definition) is 2. The molecule has 1 unspecified atom stereocenters. The molecular formula is C18H33NO5. The van der Waals surface area contributed by atoms with Crippen LogP contribution in [0.2, 0.25) is 0 Å². The van der Waals surface area contributed by atoms with E-state index in [0.29, 0.717) is 32.7 Å². The van der Waals surface area contributed by atoms with Crippen molar-refractivity contribution in [2.24, 2.45) is 5.92 Å². The van der Waals surface area contributed by atoms with Crippen LogP contribution in [0.25, 0.3) is 0 Å². The molecule has 0 aliphatic carbocycles. The molecule has 1 aliphatic heterocycles. The fraction of sp³-hybridized carbons (Fsp3) is 0.889. The van der Waals surface area contributed by atoms with Gasteiger partial charge in [0.1, 0.15) is 6.04 Å². The smallest absolute Gasteiger partial charge is 0.407 e. The minimum atomic E-state index is -1.01. The molecule has 0 aromatic rings. The Balaban J connectivity index is 2.09. The second-order valence-corrected chi connectivity index (χ2v) is 6.52. The van der Waals surface area contributed by atoms with Crippen molar-refractivity contribution in [2.45, 2.75) is 77.2 Å². The van der Waals surface area contributed by atoms with Crippen LogP contribution in [0, 0.1) is 5.92 Å². The SMILES string of the molecule is CCCCCCCCCCOC(=O)NC(C(=O)O)C1CCOCC1. The van der Waals surface area contributed by atoms with E-state index in [4.69, 9.17) is 9.47 Å². The molecule has 6 nitrogen and oxygen atoms in total. The van der Waals surface area contributed by atoms with Gasteiger partial charge in [-0.05, 0) is 25.2 Å². The van der Waals surface area contributed by atoms with Crippen LogP contribution in [0.3, 0.4) is 0 Å². The number of unbranched alkanes of at least 4 members (excludes halogenated alkanes) is 7. The number of rotatable bonds is 12. The Morgan fingerprint density at radius 3 is 2.25 bits per heavy atom. The lowest BCUT2D eigenvalue weighted by Crippen LogP contribution is -2.47. The predicted molar refractivity (Wildman–Crippen MR) is 92.1 cm³/mol. The summed E-state index contributed by atoms with van der Waals surface area (Å²) in [4.78, 5) is 23.1. The number of alkyl carbamates (subject to hydrolysis) is 1. The number of aliphatic carboxylic acids is 1. The first-order valence-corrected chi connectivity index (χ1v) is 9.39. The molecule has 1 amide bonds. The molecular weight excluding hydrogens is 310 g/mol. The Kier molecular flexibility index (Phi) is 11.3. The zero-order valence-corrected chi connectivity index (χ0v) is 14.9. The van der Waals surface area contributed by atoms with Crippen LogP contribution in [-0.2, 0) is 14.3 Å². The molecule has 24 heavy (non-hydrogen) atoms. The molecule has 1 heterocycles. The van der Waals surface area contributed by atoms with Crippen LogP contribution < -0.4 is 5.32 Å². The molecule has 1 fully saturated rings. The average molecular weight is 343 g/mol. The van der Waals surface area contributed by atoms with E-state index in [0.717, 1.165) is 19.3 Å². The molecule has 0 aromatic heterocycles. The molecule has 1 aliphatic rings. The summed E-state index contributed by atoms with van der Waals surface area (Å²) in [7, 11) is 0. The number of carbonyl (C=O) groups is 2. The van der Waals surface area contributed by atoms with E-state index in [1.165, 1.54) is 32.1 Å². The molecule has 0 aromatic carbocycles. The first-order valence-electron chi connectivity index (χ1n) is 9.39. The Bertz CT molecular complexity index is 355. The number of carboxylic acid groups (broad SMARTS) is 1. The first-order chi connectivity index (χ1) is 11.6. The fourth-order valence-corrected chi connectivity index (χ4v) is 3.00. The summed E-state index contributed by atoms with van der Waals surface area (Å²) in [6.07, 6.45) is 10.1. The summed E-state index contributed by atoms with van der Waals surface area (Å²) >= 11 is 0. The van der Waals surface area contributed by atoms with Gasteiger partial charge in [-0.25, -0.2) is 9.59 Å². The van der Waals surface area contributed by atoms with Crippen molar-refractivity contribution in [3.8, 4) is 0 Å². The van der Waals surface area contributed by atoms with Gasteiger partial charge in [-0.2, -0.15) is 0 Å². The largest absolute Gasteiger partial charge is 0.480 e. The highest BCUT2D eigenvalue weighted by molar-refractivity contribution is 5.80. The molecule has 1 rings (SSSR count). The van der Waals surface area contributed by atoms with Gasteiger partial charge < -0.3 is 19.9 Å². The summed E-state index contributed by atoms with van der Waals surface area (Å²) in [6, 6.07) is -0.889. The van der Waals surface area contributed by atoms with Gasteiger partial charge in [0.2, 0.25) is 0 Å². The summed E-state index contributed by atoms with van der Waals surface area (Å²) in [5, 5.41) is 11.8. The summed E-state index contributed by atoms with van der Waals surface area (Å²) in [6.45, 7) is 3.65. The number of carboxylic acids is 1. The minimum Gasteiger partial charge on any atom is -0.480 e. The third-order valence-electron chi connectivity index (χ3n) is 4.51. The third kappa shape index (κ3) is 9.11. The standard InChI is InChI=1S/C18H33NO5/c1-2-3-4-5-6-7-8-9-12-24-18(22)19-16(17(20)21)15-10-13-23-14-11-15/h15-16H,2-14H2,1H3,(H,19,22)(H,20,21). The molecule has 1 saturated heterocycles. The van der Waals surface area contributed by atoms with Gasteiger partial charge in [-0.3, -0.25) is 0 Å². The van der Waals surface area contributed by atoms with Crippen molar-refractivity contribution >= 4 is 12.1 Å². The Hall–Kier alpha value is -1.30. The monoisotopic (exact) mass is 343 g/mol. The predicted octanol–water partition coefficient (Wildman–Crippen LogP) is 3.73. The number of ether oxygens (including phenoxy) is 2. The van der Waals surface area contributed by atoms with Crippen molar-refractivity contribution < 1.29 is 24.2 Å². The van der Waals surface area contributed by atoms with Gasteiger partial charge in [-0.15, -0.1) is 0 Å². The second kappa shape index (κ2) is 13.0. The van der Waals surface area contributed by atoms with Crippen LogP contribution in [-0.4, -0.2) is 43.0 Å². The maximum Gasteiger partial charge on any atom is 0.407 e. The summed E-state index contributed by atoms with van der Waals surface area (Å²) < 4.78 is 10.3. The van der Waals surface area contributed by atoms with Gasteiger partial charge in [-0.1, -0.05) is 51.9 Å². The Labute approximate surface area is 145 Å². The molecule has 2 N–H and O–H groups in total. The zero-order valence-electron chi connectivity index (χ0n) is 14.9. The number of hydrogen-bond acceptors (Lipinski definition) is 4. The lowest BCUT2D eigenvalue weighted by molar-refractivity contribution is -0.141. The number of carbonyl (C=O) groups excluding carboxylic acids is 1. The van der Waals surface area contributed by atoms with Gasteiger partial charge >= 0.3 is 12.1 Å². The quantitative estimate of drug-likeness (QED) is 0.527. The highest BCUT2D eigenvalue weighted by Crippen LogP contribution is 2.19. The molecule has 0 bridgehead atoms. The van der Waals surface area contributed by atoms with Gasteiger partial charge in [0.15, 0.2) is 0 Å². The number of nitrogens with one attached hydrogen (secondary N) is 1. The van der Waals surface area contributed by atoms with Crippen LogP contribution in [0.5, 0.6) is 0 Å². The normalized spacial score (nSPS) is 16.5. The highest BCUT2D eigenvalue weighted by Gasteiger charge is 2.31. The van der Waals surface area contributed by atoms with Gasteiger partial charge in [0, 0.05) is 13.2 Å². The van der Waals surface area contributed by atoms with Crippen molar-refractivity contribution in [1.82, 2.24) is 5.32 Å². The molecule has 0 saturated carbocycles. The van der Waals surface area contributed by atoms with E-state index in [1.54, 1.807) is 0 Å². The van der Waals surface area contributed by atoms with Crippen molar-refractivity contribution in [1.29, 1.82) is 0 Å². The topological polar surface area (TPSA) is 84.9 Å². The first kappa shape index (κ1) is 20.7. The highest BCUT2D eigenvalue weighted by atomic mass is 16.5. The van der Waals surface area contributed by atoms with Crippen molar-refractivity contribution in [2.75, 3.05) is 19.8 Å². The Morgan fingerprint density at radius 1 is 1.08 bits per heavy atom. The van der Waals surface area contributed by atoms with Crippen molar-refractivity contribution in [3.63, 3.8) is 0 Å². The fourth-order valence-electron chi connectivity index (χ4n) is 3.00.